The number of fused-ring (bicyclic) bond motifs is 1. The molecule has 1 saturated heterocycles. The predicted molar refractivity (Wildman–Crippen MR) is 86.4 cm³/mol. The molecule has 2 aliphatic heterocycles. The number of carboxylic acids is 1. The fraction of sp³-hybridized carbons (Fsp3) is 0.500. The van der Waals surface area contributed by atoms with Gasteiger partial charge in [0.2, 0.25) is 5.91 Å². The first-order valence-corrected chi connectivity index (χ1v) is 7.51. The number of hydrogen-bond acceptors (Lipinski definition) is 3. The molecule has 0 radical (unpaired) electrons. The number of benzene rings is 1. The van der Waals surface area contributed by atoms with Gasteiger partial charge in [0, 0.05) is 5.69 Å². The molecule has 1 unspecified atom stereocenters. The van der Waals surface area contributed by atoms with E-state index in [9.17, 15) is 9.59 Å². The number of carbonyl (C=O) groups is 2. The minimum atomic E-state index is -0.715. The van der Waals surface area contributed by atoms with Gasteiger partial charge in [-0.1, -0.05) is 18.2 Å². The zero-order chi connectivity index (χ0) is 14.8. The van der Waals surface area contributed by atoms with Crippen molar-refractivity contribution in [3.63, 3.8) is 0 Å². The highest BCUT2D eigenvalue weighted by Crippen LogP contribution is 2.26. The van der Waals surface area contributed by atoms with Crippen LogP contribution in [0.1, 0.15) is 24.8 Å². The first kappa shape index (κ1) is 16.8. The molecule has 1 aromatic rings. The average molecular weight is 325 g/mol. The van der Waals surface area contributed by atoms with Gasteiger partial charge >= 0.3 is 5.97 Å². The van der Waals surface area contributed by atoms with Crippen molar-refractivity contribution in [3.8, 4) is 0 Å². The number of piperidine rings is 1. The summed E-state index contributed by atoms with van der Waals surface area (Å²) in [5.41, 5.74) is 2.08. The Hall–Kier alpha value is -1.59. The standard InChI is InChI=1S/C16H20N2O3.ClH/c19-15-14(18-9-7-12(8-10-18)16(20)21)6-5-11-3-1-2-4-13(11)17-15;/h1-4,12,14H,5-10H2,(H,17,19)(H,20,21);1H. The van der Waals surface area contributed by atoms with E-state index in [2.05, 4.69) is 16.3 Å². The number of aryl methyl sites for hydroxylation is 1. The molecule has 2 heterocycles. The number of likely N-dealkylation sites (tertiary alicyclic amines) is 1. The van der Waals surface area contributed by atoms with Crippen LogP contribution in [-0.2, 0) is 16.0 Å². The maximum atomic E-state index is 12.4. The van der Waals surface area contributed by atoms with Crippen molar-refractivity contribution in [1.29, 1.82) is 0 Å². The van der Waals surface area contributed by atoms with Gasteiger partial charge in [0.15, 0.2) is 0 Å². The number of hydrogen-bond donors (Lipinski definition) is 2. The molecule has 22 heavy (non-hydrogen) atoms. The van der Waals surface area contributed by atoms with Crippen LogP contribution in [-0.4, -0.2) is 41.0 Å². The summed E-state index contributed by atoms with van der Waals surface area (Å²) in [4.78, 5) is 25.6. The number of amides is 1. The van der Waals surface area contributed by atoms with Crippen LogP contribution in [0.5, 0.6) is 0 Å². The number of rotatable bonds is 2. The normalized spacial score (nSPS) is 22.9. The first-order chi connectivity index (χ1) is 10.1. The number of nitrogens with one attached hydrogen (secondary N) is 1. The highest BCUT2D eigenvalue weighted by Gasteiger charge is 2.33. The Morgan fingerprint density at radius 2 is 1.86 bits per heavy atom. The molecule has 1 fully saturated rings. The van der Waals surface area contributed by atoms with Crippen molar-refractivity contribution in [2.45, 2.75) is 31.7 Å². The maximum absolute atomic E-state index is 12.4. The lowest BCUT2D eigenvalue weighted by Crippen LogP contribution is -2.48. The molecule has 0 saturated carbocycles. The van der Waals surface area contributed by atoms with E-state index in [1.807, 2.05) is 18.2 Å². The second-order valence-corrected chi connectivity index (χ2v) is 5.85. The molecule has 6 heteroatoms. The third-order valence-electron chi connectivity index (χ3n) is 4.58. The Balaban J connectivity index is 0.00000176. The molecular weight excluding hydrogens is 304 g/mol. The van der Waals surface area contributed by atoms with Gasteiger partial charge in [-0.25, -0.2) is 0 Å². The average Bonchev–Trinajstić information content (AvgIpc) is 2.65. The van der Waals surface area contributed by atoms with Crippen molar-refractivity contribution in [3.05, 3.63) is 29.8 Å². The molecular formula is C16H21ClN2O3. The molecule has 1 aromatic carbocycles. The van der Waals surface area contributed by atoms with Gasteiger partial charge in [0.1, 0.15) is 0 Å². The third-order valence-corrected chi connectivity index (χ3v) is 4.58. The second kappa shape index (κ2) is 7.11. The number of carbonyl (C=O) groups excluding carboxylic acids is 1. The van der Waals surface area contributed by atoms with Crippen LogP contribution in [0.15, 0.2) is 24.3 Å². The summed E-state index contributed by atoms with van der Waals surface area (Å²) in [6.45, 7) is 1.37. The molecule has 5 nitrogen and oxygen atoms in total. The van der Waals surface area contributed by atoms with E-state index in [1.165, 1.54) is 5.56 Å². The van der Waals surface area contributed by atoms with E-state index in [1.54, 1.807) is 0 Å². The Morgan fingerprint density at radius 1 is 1.18 bits per heavy atom. The second-order valence-electron chi connectivity index (χ2n) is 5.85. The van der Waals surface area contributed by atoms with Crippen LogP contribution in [0.2, 0.25) is 0 Å². The molecule has 0 aliphatic carbocycles. The van der Waals surface area contributed by atoms with E-state index in [4.69, 9.17) is 5.11 Å². The molecule has 0 bridgehead atoms. The van der Waals surface area contributed by atoms with E-state index >= 15 is 0 Å². The summed E-state index contributed by atoms with van der Waals surface area (Å²) < 4.78 is 0. The number of nitrogens with zero attached hydrogens (tertiary/aromatic N) is 1. The lowest BCUT2D eigenvalue weighted by Gasteiger charge is -2.35. The smallest absolute Gasteiger partial charge is 0.306 e. The Labute approximate surface area is 136 Å². The topological polar surface area (TPSA) is 69.6 Å². The van der Waals surface area contributed by atoms with Crippen LogP contribution in [0, 0.1) is 5.92 Å². The van der Waals surface area contributed by atoms with E-state index in [0.717, 1.165) is 18.5 Å². The zero-order valence-corrected chi connectivity index (χ0v) is 13.1. The van der Waals surface area contributed by atoms with Crippen molar-refractivity contribution < 1.29 is 14.7 Å². The number of carboxylic acid groups (broad SMARTS) is 1. The summed E-state index contributed by atoms with van der Waals surface area (Å²) in [7, 11) is 0. The van der Waals surface area contributed by atoms with Crippen molar-refractivity contribution in [2.75, 3.05) is 18.4 Å². The van der Waals surface area contributed by atoms with Gasteiger partial charge in [0.25, 0.3) is 0 Å². The highest BCUT2D eigenvalue weighted by molar-refractivity contribution is 5.96. The zero-order valence-electron chi connectivity index (χ0n) is 12.3. The first-order valence-electron chi connectivity index (χ1n) is 7.51. The quantitative estimate of drug-likeness (QED) is 0.874. The summed E-state index contributed by atoms with van der Waals surface area (Å²) in [6.07, 6.45) is 2.93. The van der Waals surface area contributed by atoms with Gasteiger partial charge < -0.3 is 10.4 Å². The summed E-state index contributed by atoms with van der Waals surface area (Å²) in [6, 6.07) is 7.76. The van der Waals surface area contributed by atoms with Crippen LogP contribution in [0.25, 0.3) is 0 Å². The molecule has 1 amide bonds. The number of aliphatic carboxylic acids is 1. The number of para-hydroxylation sites is 1. The van der Waals surface area contributed by atoms with E-state index < -0.39 is 5.97 Å². The molecule has 1 atom stereocenters. The number of halogens is 1. The van der Waals surface area contributed by atoms with Crippen LogP contribution >= 0.6 is 12.4 Å². The lowest BCUT2D eigenvalue weighted by atomic mass is 9.95. The highest BCUT2D eigenvalue weighted by atomic mass is 35.5. The lowest BCUT2D eigenvalue weighted by molar-refractivity contribution is -0.143. The molecule has 0 spiro atoms. The third kappa shape index (κ3) is 3.42. The molecule has 2 N–H and O–H groups in total. The largest absolute Gasteiger partial charge is 0.481 e. The Bertz CT molecular complexity index is 556. The van der Waals surface area contributed by atoms with E-state index in [0.29, 0.717) is 25.9 Å². The van der Waals surface area contributed by atoms with Crippen LogP contribution < -0.4 is 5.32 Å². The monoisotopic (exact) mass is 324 g/mol. The minimum Gasteiger partial charge on any atom is -0.481 e. The summed E-state index contributed by atoms with van der Waals surface area (Å²) >= 11 is 0. The summed E-state index contributed by atoms with van der Waals surface area (Å²) in [5, 5.41) is 12.1. The van der Waals surface area contributed by atoms with Gasteiger partial charge in [-0.05, 0) is 50.4 Å². The Kier molecular flexibility index (Phi) is 5.42. The number of anilines is 1. The minimum absolute atomic E-state index is 0. The van der Waals surface area contributed by atoms with Gasteiger partial charge in [-0.15, -0.1) is 12.4 Å². The van der Waals surface area contributed by atoms with E-state index in [-0.39, 0.29) is 30.3 Å². The summed E-state index contributed by atoms with van der Waals surface area (Å²) in [5.74, 6) is -0.937. The molecule has 120 valence electrons. The molecule has 0 aromatic heterocycles. The van der Waals surface area contributed by atoms with Crippen LogP contribution in [0.4, 0.5) is 5.69 Å². The van der Waals surface area contributed by atoms with Crippen molar-refractivity contribution >= 4 is 30.0 Å². The fourth-order valence-electron chi connectivity index (χ4n) is 3.31. The van der Waals surface area contributed by atoms with Gasteiger partial charge in [0.05, 0.1) is 12.0 Å². The Morgan fingerprint density at radius 3 is 2.55 bits per heavy atom. The van der Waals surface area contributed by atoms with Crippen molar-refractivity contribution in [2.24, 2.45) is 5.92 Å². The van der Waals surface area contributed by atoms with Crippen LogP contribution in [0.3, 0.4) is 0 Å². The predicted octanol–water partition coefficient (Wildman–Crippen LogP) is 2.16. The molecule has 3 rings (SSSR count). The fourth-order valence-corrected chi connectivity index (χ4v) is 3.31. The van der Waals surface area contributed by atoms with Crippen molar-refractivity contribution in [1.82, 2.24) is 4.90 Å². The molecule has 2 aliphatic rings. The van der Waals surface area contributed by atoms with Gasteiger partial charge in [-0.3, -0.25) is 14.5 Å². The SMILES string of the molecule is Cl.O=C(O)C1CCN(C2CCc3ccccc3NC2=O)CC1. The van der Waals surface area contributed by atoms with Gasteiger partial charge in [-0.2, -0.15) is 0 Å². The maximum Gasteiger partial charge on any atom is 0.306 e.